The first-order valence-corrected chi connectivity index (χ1v) is 12.8. The molecule has 1 atom stereocenters. The summed E-state index contributed by atoms with van der Waals surface area (Å²) in [5.74, 6) is -0.759. The molecule has 0 saturated carbocycles. The largest absolute Gasteiger partial charge is 0.416 e. The lowest BCUT2D eigenvalue weighted by Gasteiger charge is -2.16. The number of hydrogen-bond acceptors (Lipinski definition) is 5. The number of amides is 2. The van der Waals surface area contributed by atoms with Gasteiger partial charge in [-0.05, 0) is 61.0 Å². The molecule has 5 rings (SSSR count). The Hall–Kier alpha value is -5.12. The number of nitrogens with one attached hydrogen (secondary N) is 2. The summed E-state index contributed by atoms with van der Waals surface area (Å²) in [6.45, 7) is 1.96. The minimum absolute atomic E-state index is 0.200. The van der Waals surface area contributed by atoms with Crippen molar-refractivity contribution in [2.24, 2.45) is 0 Å². The third kappa shape index (κ3) is 6.22. The van der Waals surface area contributed by atoms with Crippen LogP contribution in [0.2, 0.25) is 0 Å². The fourth-order valence-electron chi connectivity index (χ4n) is 4.37. The smallest absolute Gasteiger partial charge is 0.344 e. The van der Waals surface area contributed by atoms with Crippen molar-refractivity contribution in [3.05, 3.63) is 120 Å². The zero-order valence-corrected chi connectivity index (χ0v) is 21.8. The van der Waals surface area contributed by atoms with Gasteiger partial charge in [-0.3, -0.25) is 24.5 Å². The van der Waals surface area contributed by atoms with Gasteiger partial charge in [-0.15, -0.1) is 0 Å². The molecule has 0 spiro atoms. The zero-order valence-electron chi connectivity index (χ0n) is 21.8. The van der Waals surface area contributed by atoms with Gasteiger partial charge in [0.25, 0.3) is 11.8 Å². The Bertz CT molecular complexity index is 1710. The highest BCUT2D eigenvalue weighted by molar-refractivity contribution is 6.08. The van der Waals surface area contributed by atoms with E-state index in [1.165, 1.54) is 24.5 Å². The van der Waals surface area contributed by atoms with Crippen molar-refractivity contribution in [2.45, 2.75) is 25.6 Å². The number of fused-ring (bicyclic) bond motifs is 1. The van der Waals surface area contributed by atoms with Crippen molar-refractivity contribution < 1.29 is 22.8 Å². The molecule has 2 amide bonds. The lowest BCUT2D eigenvalue weighted by molar-refractivity contribution is -0.137. The van der Waals surface area contributed by atoms with Gasteiger partial charge in [-0.25, -0.2) is 0 Å². The molecule has 0 aliphatic heterocycles. The number of rotatable bonds is 7. The van der Waals surface area contributed by atoms with Crippen LogP contribution in [0.5, 0.6) is 0 Å². The van der Waals surface area contributed by atoms with E-state index < -0.39 is 17.6 Å². The van der Waals surface area contributed by atoms with Gasteiger partial charge in [0.15, 0.2) is 0 Å². The van der Waals surface area contributed by atoms with Crippen molar-refractivity contribution in [1.29, 1.82) is 0 Å². The molecule has 3 heterocycles. The summed E-state index contributed by atoms with van der Waals surface area (Å²) in [6, 6.07) is 19.7. The van der Waals surface area contributed by atoms with Crippen LogP contribution < -0.4 is 10.6 Å². The maximum Gasteiger partial charge on any atom is 0.416 e. The molecule has 2 aromatic carbocycles. The molecule has 0 unspecified atom stereocenters. The average Bonchev–Trinajstić information content (AvgIpc) is 2.99. The molecule has 0 bridgehead atoms. The van der Waals surface area contributed by atoms with E-state index >= 15 is 0 Å². The third-order valence-electron chi connectivity index (χ3n) is 6.50. The number of aromatic nitrogens is 3. The van der Waals surface area contributed by atoms with Crippen molar-refractivity contribution in [3.63, 3.8) is 0 Å². The maximum atomic E-state index is 13.2. The molecule has 10 heteroatoms. The molecule has 2 N–H and O–H groups in total. The van der Waals surface area contributed by atoms with Gasteiger partial charge < -0.3 is 10.6 Å². The van der Waals surface area contributed by atoms with E-state index in [9.17, 15) is 22.8 Å². The summed E-state index contributed by atoms with van der Waals surface area (Å²) >= 11 is 0. The molecule has 3 aromatic heterocycles. The normalized spacial score (nSPS) is 12.1. The Balaban J connectivity index is 1.33. The first kappa shape index (κ1) is 27.4. The highest BCUT2D eigenvalue weighted by Gasteiger charge is 2.30. The molecular formula is C31H24F3N5O2. The topological polar surface area (TPSA) is 96.9 Å². The number of anilines is 1. The fourth-order valence-corrected chi connectivity index (χ4v) is 4.37. The summed E-state index contributed by atoms with van der Waals surface area (Å²) < 4.78 is 38.9. The van der Waals surface area contributed by atoms with E-state index in [-0.39, 0.29) is 23.2 Å². The Morgan fingerprint density at radius 3 is 2.34 bits per heavy atom. The lowest BCUT2D eigenvalue weighted by atomic mass is 10.0. The second-order valence-corrected chi connectivity index (χ2v) is 9.25. The minimum atomic E-state index is -4.46. The number of carbonyl (C=O) groups excluding carboxylic acids is 2. The number of benzene rings is 2. The number of hydrogen-bond donors (Lipinski definition) is 2. The summed E-state index contributed by atoms with van der Waals surface area (Å²) in [5.41, 5.74) is 2.22. The van der Waals surface area contributed by atoms with Gasteiger partial charge in [0.05, 0.1) is 39.6 Å². The highest BCUT2D eigenvalue weighted by atomic mass is 19.4. The summed E-state index contributed by atoms with van der Waals surface area (Å²) in [4.78, 5) is 39.0. The standard InChI is InChI=1S/C31H24F3N5O2/c1-2-25(26-7-3-4-14-35-26)39-29(40)21-16-20-10-13-23(17-27(20)37-18-21)38-30(41)24-6-5-15-36-28(24)19-8-11-22(12-9-19)31(32,33)34/h3-18,25H,2H2,1H3,(H,38,41)(H,39,40)/t25-/m1/s1. The number of halogens is 3. The molecule has 0 saturated heterocycles. The van der Waals surface area contributed by atoms with Crippen LogP contribution in [0.15, 0.2) is 97.5 Å². The van der Waals surface area contributed by atoms with E-state index in [0.29, 0.717) is 34.1 Å². The molecule has 0 fully saturated rings. The van der Waals surface area contributed by atoms with Gasteiger partial charge >= 0.3 is 6.18 Å². The van der Waals surface area contributed by atoms with Gasteiger partial charge in [0.1, 0.15) is 0 Å². The second kappa shape index (κ2) is 11.5. The van der Waals surface area contributed by atoms with Crippen LogP contribution >= 0.6 is 0 Å². The predicted molar refractivity (Wildman–Crippen MR) is 149 cm³/mol. The molecule has 0 aliphatic carbocycles. The molecule has 0 aliphatic rings. The van der Waals surface area contributed by atoms with E-state index in [2.05, 4.69) is 25.6 Å². The molecule has 5 aromatic rings. The van der Waals surface area contributed by atoms with Crippen LogP contribution in [0, 0.1) is 0 Å². The number of carbonyl (C=O) groups is 2. The number of nitrogens with zero attached hydrogens (tertiary/aromatic N) is 3. The quantitative estimate of drug-likeness (QED) is 0.229. The van der Waals surface area contributed by atoms with Crippen LogP contribution in [0.1, 0.15) is 51.4 Å². The van der Waals surface area contributed by atoms with Crippen molar-refractivity contribution in [3.8, 4) is 11.3 Å². The van der Waals surface area contributed by atoms with E-state index in [1.54, 1.807) is 42.6 Å². The monoisotopic (exact) mass is 555 g/mol. The van der Waals surface area contributed by atoms with Crippen LogP contribution in [-0.4, -0.2) is 26.8 Å². The predicted octanol–water partition coefficient (Wildman–Crippen LogP) is 6.84. The van der Waals surface area contributed by atoms with Crippen molar-refractivity contribution in [2.75, 3.05) is 5.32 Å². The molecule has 41 heavy (non-hydrogen) atoms. The Labute approximate surface area is 233 Å². The minimum Gasteiger partial charge on any atom is -0.344 e. The molecule has 7 nitrogen and oxygen atoms in total. The maximum absolute atomic E-state index is 13.2. The summed E-state index contributed by atoms with van der Waals surface area (Å²) in [7, 11) is 0. The molecule has 206 valence electrons. The van der Waals surface area contributed by atoms with Crippen LogP contribution in [0.3, 0.4) is 0 Å². The van der Waals surface area contributed by atoms with Gasteiger partial charge in [-0.1, -0.05) is 31.2 Å². The highest BCUT2D eigenvalue weighted by Crippen LogP contribution is 2.31. The summed E-state index contributed by atoms with van der Waals surface area (Å²) in [6.07, 6.45) is 0.830. The molecular weight excluding hydrogens is 531 g/mol. The Kier molecular flexibility index (Phi) is 7.73. The van der Waals surface area contributed by atoms with Crippen LogP contribution in [0.4, 0.5) is 18.9 Å². The van der Waals surface area contributed by atoms with Gasteiger partial charge in [-0.2, -0.15) is 13.2 Å². The average molecular weight is 556 g/mol. The van der Waals surface area contributed by atoms with Gasteiger partial charge in [0, 0.05) is 35.2 Å². The fraction of sp³-hybridized carbons (Fsp3) is 0.129. The van der Waals surface area contributed by atoms with E-state index in [4.69, 9.17) is 0 Å². The number of alkyl halides is 3. The van der Waals surface area contributed by atoms with Crippen molar-refractivity contribution >= 4 is 28.4 Å². The number of pyridine rings is 3. The Morgan fingerprint density at radius 2 is 1.63 bits per heavy atom. The van der Waals surface area contributed by atoms with Crippen LogP contribution in [-0.2, 0) is 6.18 Å². The van der Waals surface area contributed by atoms with E-state index in [0.717, 1.165) is 17.8 Å². The SMILES string of the molecule is CC[C@@H](NC(=O)c1cnc2cc(NC(=O)c3cccnc3-c3ccc(C(F)(F)F)cc3)ccc2c1)c1ccccn1. The summed E-state index contributed by atoms with van der Waals surface area (Å²) in [5, 5.41) is 6.49. The van der Waals surface area contributed by atoms with E-state index in [1.807, 2.05) is 25.1 Å². The first-order chi connectivity index (χ1) is 19.7. The van der Waals surface area contributed by atoms with Crippen molar-refractivity contribution in [1.82, 2.24) is 20.3 Å². The van der Waals surface area contributed by atoms with Gasteiger partial charge in [0.2, 0.25) is 0 Å². The zero-order chi connectivity index (χ0) is 29.0. The van der Waals surface area contributed by atoms with Crippen LogP contribution in [0.25, 0.3) is 22.2 Å². The molecule has 0 radical (unpaired) electrons. The third-order valence-corrected chi connectivity index (χ3v) is 6.50. The Morgan fingerprint density at radius 1 is 0.854 bits per heavy atom. The first-order valence-electron chi connectivity index (χ1n) is 12.8. The lowest BCUT2D eigenvalue weighted by Crippen LogP contribution is -2.28. The second-order valence-electron chi connectivity index (χ2n) is 9.25.